The summed E-state index contributed by atoms with van der Waals surface area (Å²) in [7, 11) is -3.51. The smallest absolute Gasteiger partial charge is 0.273 e. The molecule has 1 aromatic heterocycles. The van der Waals surface area contributed by atoms with Crippen LogP contribution in [-0.2, 0) is 10.0 Å². The molecule has 0 unspecified atom stereocenters. The van der Waals surface area contributed by atoms with E-state index in [1.807, 2.05) is 12.1 Å². The summed E-state index contributed by atoms with van der Waals surface area (Å²) in [5, 5.41) is 0.730. The minimum atomic E-state index is -3.51. The van der Waals surface area contributed by atoms with Crippen LogP contribution < -0.4 is 4.72 Å². The number of sulfonamides is 1. The van der Waals surface area contributed by atoms with Crippen LogP contribution in [0.2, 0.25) is 0 Å². The summed E-state index contributed by atoms with van der Waals surface area (Å²) in [4.78, 5) is 3.94. The molecule has 1 N–H and O–H groups in total. The van der Waals surface area contributed by atoms with Gasteiger partial charge in [0.1, 0.15) is 0 Å². The quantitative estimate of drug-likeness (QED) is 0.834. The number of aromatic nitrogens is 1. The summed E-state index contributed by atoms with van der Waals surface area (Å²) in [6.07, 6.45) is 1.37. The van der Waals surface area contributed by atoms with Crippen LogP contribution in [0.15, 0.2) is 34.7 Å². The second kappa shape index (κ2) is 4.91. The van der Waals surface area contributed by atoms with Crippen molar-refractivity contribution in [3.63, 3.8) is 0 Å². The van der Waals surface area contributed by atoms with Crippen molar-refractivity contribution >= 4 is 49.6 Å². The van der Waals surface area contributed by atoms with Crippen molar-refractivity contribution in [2.24, 2.45) is 0 Å². The highest BCUT2D eigenvalue weighted by Crippen LogP contribution is 2.24. The first kappa shape index (κ1) is 12.8. The standard InChI is InChI=1S/C10H9IN2O2S2/c1-7-12-6-10(16-7)17(14,15)13-9-5-3-2-4-8(9)11/h2-6,13H,1H3. The molecule has 4 nitrogen and oxygen atoms in total. The fourth-order valence-corrected chi connectivity index (χ4v) is 4.10. The van der Waals surface area contributed by atoms with Crippen molar-refractivity contribution in [3.8, 4) is 0 Å². The fourth-order valence-electron chi connectivity index (χ4n) is 1.21. The Balaban J connectivity index is 2.33. The van der Waals surface area contributed by atoms with E-state index in [4.69, 9.17) is 0 Å². The van der Waals surface area contributed by atoms with Crippen LogP contribution >= 0.6 is 33.9 Å². The van der Waals surface area contributed by atoms with Gasteiger partial charge in [0.05, 0.1) is 16.9 Å². The van der Waals surface area contributed by atoms with Gasteiger partial charge in [-0.1, -0.05) is 12.1 Å². The number of anilines is 1. The molecule has 0 atom stereocenters. The second-order valence-electron chi connectivity index (χ2n) is 3.28. The van der Waals surface area contributed by atoms with Gasteiger partial charge in [-0.25, -0.2) is 13.4 Å². The predicted octanol–water partition coefficient (Wildman–Crippen LogP) is 2.86. The summed E-state index contributed by atoms with van der Waals surface area (Å²) in [5.74, 6) is 0. The summed E-state index contributed by atoms with van der Waals surface area (Å²) in [6, 6.07) is 7.22. The molecular formula is C10H9IN2O2S2. The number of benzene rings is 1. The predicted molar refractivity (Wildman–Crippen MR) is 76.8 cm³/mol. The third kappa shape index (κ3) is 2.96. The molecule has 0 aliphatic carbocycles. The second-order valence-corrected chi connectivity index (χ2v) is 7.59. The highest BCUT2D eigenvalue weighted by molar-refractivity contribution is 14.1. The van der Waals surface area contributed by atoms with Crippen LogP contribution in [0.1, 0.15) is 5.01 Å². The van der Waals surface area contributed by atoms with E-state index in [1.54, 1.807) is 19.1 Å². The number of nitrogens with one attached hydrogen (secondary N) is 1. The molecular weight excluding hydrogens is 371 g/mol. The number of rotatable bonds is 3. The van der Waals surface area contributed by atoms with Crippen molar-refractivity contribution in [2.75, 3.05) is 4.72 Å². The number of para-hydroxylation sites is 1. The van der Waals surface area contributed by atoms with Crippen LogP contribution in [0.25, 0.3) is 0 Å². The van der Waals surface area contributed by atoms with Gasteiger partial charge in [0.25, 0.3) is 10.0 Å². The first-order valence-electron chi connectivity index (χ1n) is 4.69. The number of hydrogen-bond donors (Lipinski definition) is 1. The third-order valence-electron chi connectivity index (χ3n) is 1.98. The lowest BCUT2D eigenvalue weighted by Crippen LogP contribution is -2.12. The third-order valence-corrected chi connectivity index (χ3v) is 5.66. The molecule has 17 heavy (non-hydrogen) atoms. The Kier molecular flexibility index (Phi) is 3.69. The fraction of sp³-hybridized carbons (Fsp3) is 0.100. The van der Waals surface area contributed by atoms with Crippen LogP contribution in [0.3, 0.4) is 0 Å². The molecule has 2 rings (SSSR count). The normalized spacial score (nSPS) is 11.4. The Morgan fingerprint density at radius 3 is 2.65 bits per heavy atom. The molecule has 0 amide bonds. The minimum Gasteiger partial charge on any atom is -0.278 e. The largest absolute Gasteiger partial charge is 0.278 e. The Bertz CT molecular complexity index is 637. The highest BCUT2D eigenvalue weighted by Gasteiger charge is 2.17. The molecule has 7 heteroatoms. The van der Waals surface area contributed by atoms with E-state index < -0.39 is 10.0 Å². The van der Waals surface area contributed by atoms with Crippen LogP contribution in [0, 0.1) is 10.5 Å². The Morgan fingerprint density at radius 1 is 1.35 bits per heavy atom. The minimum absolute atomic E-state index is 0.231. The zero-order valence-corrected chi connectivity index (χ0v) is 12.6. The number of aryl methyl sites for hydroxylation is 1. The first-order valence-corrected chi connectivity index (χ1v) is 8.07. The van der Waals surface area contributed by atoms with Gasteiger partial charge >= 0.3 is 0 Å². The van der Waals surface area contributed by atoms with Crippen molar-refractivity contribution in [2.45, 2.75) is 11.1 Å². The number of thiazole rings is 1. The number of hydrogen-bond acceptors (Lipinski definition) is 4. The lowest BCUT2D eigenvalue weighted by atomic mass is 10.3. The number of nitrogens with zero attached hydrogens (tertiary/aromatic N) is 1. The first-order chi connectivity index (χ1) is 7.99. The summed E-state index contributed by atoms with van der Waals surface area (Å²) in [5.41, 5.74) is 0.583. The van der Waals surface area contributed by atoms with Gasteiger partial charge in [0.2, 0.25) is 0 Å². The van der Waals surface area contributed by atoms with Gasteiger partial charge in [0.15, 0.2) is 4.21 Å². The van der Waals surface area contributed by atoms with E-state index in [0.717, 1.165) is 19.9 Å². The average molecular weight is 380 g/mol. The van der Waals surface area contributed by atoms with Crippen molar-refractivity contribution in [1.29, 1.82) is 0 Å². The maximum absolute atomic E-state index is 12.0. The van der Waals surface area contributed by atoms with Crippen LogP contribution in [0.5, 0.6) is 0 Å². The van der Waals surface area contributed by atoms with Gasteiger partial charge in [-0.2, -0.15) is 0 Å². The Morgan fingerprint density at radius 2 is 2.06 bits per heavy atom. The Labute approximate surface area is 117 Å². The molecule has 90 valence electrons. The molecule has 1 aromatic carbocycles. The zero-order valence-electron chi connectivity index (χ0n) is 8.84. The molecule has 1 heterocycles. The molecule has 0 fully saturated rings. The van der Waals surface area contributed by atoms with Gasteiger partial charge in [-0.3, -0.25) is 4.72 Å². The molecule has 0 radical (unpaired) electrons. The maximum Gasteiger partial charge on any atom is 0.273 e. The van der Waals surface area contributed by atoms with Crippen molar-refractivity contribution in [3.05, 3.63) is 39.0 Å². The molecule has 0 aliphatic heterocycles. The molecule has 0 spiro atoms. The van der Waals surface area contributed by atoms with E-state index in [2.05, 4.69) is 32.3 Å². The Hall–Kier alpha value is -0.670. The highest BCUT2D eigenvalue weighted by atomic mass is 127. The van der Waals surface area contributed by atoms with Crippen LogP contribution in [0.4, 0.5) is 5.69 Å². The summed E-state index contributed by atoms with van der Waals surface area (Å²) < 4.78 is 27.7. The maximum atomic E-state index is 12.0. The molecule has 0 aliphatic rings. The SMILES string of the molecule is Cc1ncc(S(=O)(=O)Nc2ccccc2I)s1. The van der Waals surface area contributed by atoms with E-state index in [9.17, 15) is 8.42 Å². The zero-order chi connectivity index (χ0) is 12.5. The molecule has 0 bridgehead atoms. The van der Waals surface area contributed by atoms with Gasteiger partial charge in [-0.15, -0.1) is 11.3 Å². The lowest BCUT2D eigenvalue weighted by Gasteiger charge is -2.07. The van der Waals surface area contributed by atoms with E-state index in [0.29, 0.717) is 5.69 Å². The molecule has 0 saturated carbocycles. The lowest BCUT2D eigenvalue weighted by molar-refractivity contribution is 0.603. The molecule has 0 saturated heterocycles. The van der Waals surface area contributed by atoms with Gasteiger partial charge < -0.3 is 0 Å². The molecule has 2 aromatic rings. The monoisotopic (exact) mass is 380 g/mol. The number of halogens is 1. The van der Waals surface area contributed by atoms with Crippen molar-refractivity contribution in [1.82, 2.24) is 4.98 Å². The van der Waals surface area contributed by atoms with E-state index in [1.165, 1.54) is 6.20 Å². The van der Waals surface area contributed by atoms with E-state index in [-0.39, 0.29) is 4.21 Å². The van der Waals surface area contributed by atoms with Gasteiger partial charge in [0, 0.05) is 3.57 Å². The summed E-state index contributed by atoms with van der Waals surface area (Å²) in [6.45, 7) is 1.77. The van der Waals surface area contributed by atoms with E-state index >= 15 is 0 Å². The average Bonchev–Trinajstić information content (AvgIpc) is 2.69. The summed E-state index contributed by atoms with van der Waals surface area (Å²) >= 11 is 3.24. The van der Waals surface area contributed by atoms with Gasteiger partial charge in [-0.05, 0) is 41.6 Å². The van der Waals surface area contributed by atoms with Crippen molar-refractivity contribution < 1.29 is 8.42 Å². The van der Waals surface area contributed by atoms with Crippen LogP contribution in [-0.4, -0.2) is 13.4 Å². The topological polar surface area (TPSA) is 59.1 Å².